The number of carbonyl (C=O) groups is 1. The maximum Gasteiger partial charge on any atom is 0.340 e. The molecule has 0 saturated heterocycles. The number of aromatic nitrogens is 1. The summed E-state index contributed by atoms with van der Waals surface area (Å²) in [6, 6.07) is 11.2. The molecule has 0 aliphatic rings. The minimum atomic E-state index is -4.14. The van der Waals surface area contributed by atoms with E-state index in [1.54, 1.807) is 18.2 Å². The second-order valence-corrected chi connectivity index (χ2v) is 6.92. The van der Waals surface area contributed by atoms with Crippen molar-refractivity contribution in [2.75, 3.05) is 7.11 Å². The van der Waals surface area contributed by atoms with Crippen molar-refractivity contribution < 1.29 is 22.9 Å². The number of methoxy groups -OCH3 is 1. The van der Waals surface area contributed by atoms with Gasteiger partial charge in [-0.1, -0.05) is 24.3 Å². The van der Waals surface area contributed by atoms with Crippen molar-refractivity contribution in [3.8, 4) is 0 Å². The Morgan fingerprint density at radius 1 is 1.16 bits per heavy atom. The summed E-state index contributed by atoms with van der Waals surface area (Å²) in [5.74, 6) is -0.677. The number of esters is 1. The van der Waals surface area contributed by atoms with E-state index in [0.717, 1.165) is 16.2 Å². The number of nitrogens with zero attached hydrogens (tertiary/aromatic N) is 2. The number of rotatable bonds is 4. The molecule has 3 aromatic rings. The predicted octanol–water partition coefficient (Wildman–Crippen LogP) is 2.57. The van der Waals surface area contributed by atoms with E-state index in [1.807, 2.05) is 0 Å². The van der Waals surface area contributed by atoms with Crippen molar-refractivity contribution in [1.82, 2.24) is 3.97 Å². The van der Waals surface area contributed by atoms with E-state index in [0.29, 0.717) is 5.39 Å². The number of fused-ring (bicyclic) bond motifs is 1. The zero-order valence-corrected chi connectivity index (χ0v) is 13.8. The molecule has 9 heteroatoms. The van der Waals surface area contributed by atoms with Gasteiger partial charge in [0.05, 0.1) is 28.0 Å². The van der Waals surface area contributed by atoms with Crippen LogP contribution in [-0.4, -0.2) is 30.4 Å². The molecule has 0 bridgehead atoms. The molecular weight excluding hydrogens is 348 g/mol. The molecule has 25 heavy (non-hydrogen) atoms. The van der Waals surface area contributed by atoms with Crippen LogP contribution in [0.25, 0.3) is 10.9 Å². The monoisotopic (exact) mass is 360 g/mol. The van der Waals surface area contributed by atoms with E-state index in [9.17, 15) is 23.3 Å². The van der Waals surface area contributed by atoms with Crippen LogP contribution in [0.2, 0.25) is 0 Å². The molecule has 0 fully saturated rings. The Labute approximate surface area is 142 Å². The van der Waals surface area contributed by atoms with E-state index in [2.05, 4.69) is 0 Å². The van der Waals surface area contributed by atoms with Gasteiger partial charge in [0.2, 0.25) is 0 Å². The van der Waals surface area contributed by atoms with Crippen molar-refractivity contribution in [3.63, 3.8) is 0 Å². The zero-order valence-electron chi connectivity index (χ0n) is 12.9. The summed E-state index contributed by atoms with van der Waals surface area (Å²) in [5.41, 5.74) is 0.0206. The first kappa shape index (κ1) is 16.7. The zero-order chi connectivity index (χ0) is 18.2. The van der Waals surface area contributed by atoms with E-state index in [1.165, 1.54) is 31.4 Å². The highest BCUT2D eigenvalue weighted by Gasteiger charge is 2.25. The Hall–Kier alpha value is -3.20. The summed E-state index contributed by atoms with van der Waals surface area (Å²) < 4.78 is 31.5. The van der Waals surface area contributed by atoms with Crippen molar-refractivity contribution in [3.05, 3.63) is 70.4 Å². The molecule has 0 aliphatic heterocycles. The second kappa shape index (κ2) is 6.02. The van der Waals surface area contributed by atoms with Gasteiger partial charge in [-0.15, -0.1) is 0 Å². The van der Waals surface area contributed by atoms with Crippen LogP contribution < -0.4 is 0 Å². The fraction of sp³-hybridized carbons (Fsp3) is 0.0625. The summed E-state index contributed by atoms with van der Waals surface area (Å²) in [4.78, 5) is 21.9. The predicted molar refractivity (Wildman–Crippen MR) is 89.0 cm³/mol. The molecule has 0 spiro atoms. The van der Waals surface area contributed by atoms with E-state index in [-0.39, 0.29) is 21.7 Å². The number of ether oxygens (including phenoxy) is 1. The number of hydrogen-bond acceptors (Lipinski definition) is 6. The summed E-state index contributed by atoms with van der Waals surface area (Å²) in [5, 5.41) is 11.3. The minimum absolute atomic E-state index is 0.0899. The quantitative estimate of drug-likeness (QED) is 0.402. The largest absolute Gasteiger partial charge is 0.465 e. The van der Waals surface area contributed by atoms with E-state index in [4.69, 9.17) is 4.74 Å². The molecular formula is C16H12N2O6S. The van der Waals surface area contributed by atoms with Gasteiger partial charge >= 0.3 is 5.97 Å². The van der Waals surface area contributed by atoms with Gasteiger partial charge in [0.1, 0.15) is 0 Å². The van der Waals surface area contributed by atoms with Crippen LogP contribution in [0.15, 0.2) is 59.6 Å². The number of hydrogen-bond donors (Lipinski definition) is 0. The van der Waals surface area contributed by atoms with Gasteiger partial charge in [0.25, 0.3) is 15.7 Å². The lowest BCUT2D eigenvalue weighted by molar-refractivity contribution is -0.385. The van der Waals surface area contributed by atoms with Gasteiger partial charge in [0.15, 0.2) is 0 Å². The van der Waals surface area contributed by atoms with Crippen LogP contribution in [0.4, 0.5) is 5.69 Å². The lowest BCUT2D eigenvalue weighted by Gasteiger charge is -2.07. The van der Waals surface area contributed by atoms with Crippen LogP contribution in [0, 0.1) is 10.1 Å². The average molecular weight is 360 g/mol. The fourth-order valence-corrected chi connectivity index (χ4v) is 3.90. The van der Waals surface area contributed by atoms with Gasteiger partial charge in [0, 0.05) is 23.7 Å². The third kappa shape index (κ3) is 2.74. The Bertz CT molecular complexity index is 1100. The number of non-ortho nitro benzene ring substituents is 1. The summed E-state index contributed by atoms with van der Waals surface area (Å²) in [7, 11) is -2.94. The average Bonchev–Trinajstić information content (AvgIpc) is 3.01. The molecule has 8 nitrogen and oxygen atoms in total. The lowest BCUT2D eigenvalue weighted by Crippen LogP contribution is -2.12. The number of benzene rings is 2. The molecule has 128 valence electrons. The van der Waals surface area contributed by atoms with Gasteiger partial charge in [-0.25, -0.2) is 17.2 Å². The summed E-state index contributed by atoms with van der Waals surface area (Å²) in [6.45, 7) is 0. The lowest BCUT2D eigenvalue weighted by atomic mass is 10.2. The van der Waals surface area contributed by atoms with Gasteiger partial charge in [-0.05, 0) is 12.1 Å². The van der Waals surface area contributed by atoms with Crippen LogP contribution in [0.1, 0.15) is 10.4 Å². The Morgan fingerprint density at radius 2 is 1.88 bits per heavy atom. The van der Waals surface area contributed by atoms with Gasteiger partial charge < -0.3 is 4.74 Å². The first-order chi connectivity index (χ1) is 11.9. The first-order valence-corrected chi connectivity index (χ1v) is 8.48. The molecule has 0 radical (unpaired) electrons. The molecule has 0 amide bonds. The highest BCUT2D eigenvalue weighted by molar-refractivity contribution is 7.90. The second-order valence-electron chi connectivity index (χ2n) is 5.11. The molecule has 1 heterocycles. The molecule has 0 saturated carbocycles. The number of para-hydroxylation sites is 1. The molecule has 0 aliphatic carbocycles. The molecule has 1 aromatic heterocycles. The van der Waals surface area contributed by atoms with Crippen LogP contribution in [0.3, 0.4) is 0 Å². The maximum atomic E-state index is 12.9. The van der Waals surface area contributed by atoms with Crippen molar-refractivity contribution in [2.24, 2.45) is 0 Å². The SMILES string of the molecule is COC(=O)c1cn(S(=O)(=O)c2cccc([N+](=O)[O-])c2)c2ccccc12. The molecule has 3 rings (SSSR count). The normalized spacial score (nSPS) is 11.4. The Kier molecular flexibility index (Phi) is 4.01. The smallest absolute Gasteiger partial charge is 0.340 e. The van der Waals surface area contributed by atoms with Crippen LogP contribution in [-0.2, 0) is 14.8 Å². The third-order valence-electron chi connectivity index (χ3n) is 3.67. The van der Waals surface area contributed by atoms with Gasteiger partial charge in [-0.3, -0.25) is 10.1 Å². The van der Waals surface area contributed by atoms with Crippen LogP contribution in [0.5, 0.6) is 0 Å². The Morgan fingerprint density at radius 3 is 2.56 bits per heavy atom. The van der Waals surface area contributed by atoms with Crippen molar-refractivity contribution in [2.45, 2.75) is 4.90 Å². The number of carbonyl (C=O) groups excluding carboxylic acids is 1. The molecule has 0 N–H and O–H groups in total. The van der Waals surface area contributed by atoms with Crippen molar-refractivity contribution in [1.29, 1.82) is 0 Å². The topological polar surface area (TPSA) is 109 Å². The fourth-order valence-electron chi connectivity index (χ4n) is 2.49. The van der Waals surface area contributed by atoms with Crippen LogP contribution >= 0.6 is 0 Å². The first-order valence-electron chi connectivity index (χ1n) is 7.04. The number of nitro groups is 1. The summed E-state index contributed by atoms with van der Waals surface area (Å²) in [6.07, 6.45) is 1.16. The Balaban J connectivity index is 2.27. The van der Waals surface area contributed by atoms with E-state index >= 15 is 0 Å². The third-order valence-corrected chi connectivity index (χ3v) is 5.34. The highest BCUT2D eigenvalue weighted by Crippen LogP contribution is 2.27. The maximum absolute atomic E-state index is 12.9. The molecule has 0 unspecified atom stereocenters. The molecule has 2 aromatic carbocycles. The number of nitro benzene ring substituents is 1. The van der Waals surface area contributed by atoms with E-state index < -0.39 is 20.9 Å². The minimum Gasteiger partial charge on any atom is -0.465 e. The van der Waals surface area contributed by atoms with Gasteiger partial charge in [-0.2, -0.15) is 0 Å². The molecule has 0 atom stereocenters. The van der Waals surface area contributed by atoms with Crippen molar-refractivity contribution >= 4 is 32.6 Å². The standard InChI is InChI=1S/C16H12N2O6S/c1-24-16(19)14-10-17(15-8-3-2-7-13(14)15)25(22,23)12-6-4-5-11(9-12)18(20)21/h2-10H,1H3. The summed E-state index contributed by atoms with van der Waals surface area (Å²) >= 11 is 0. The highest BCUT2D eigenvalue weighted by atomic mass is 32.2.